The van der Waals surface area contributed by atoms with Crippen molar-refractivity contribution in [2.24, 2.45) is 0 Å². The molecule has 1 aromatic carbocycles. The molecule has 0 unspecified atom stereocenters. The zero-order valence-corrected chi connectivity index (χ0v) is 12.6. The maximum absolute atomic E-state index is 11.4. The van der Waals surface area contributed by atoms with Crippen LogP contribution in [-0.2, 0) is 16.1 Å². The Morgan fingerprint density at radius 1 is 1.30 bits per heavy atom. The average molecular weight is 279 g/mol. The molecule has 0 atom stereocenters. The van der Waals surface area contributed by atoms with Gasteiger partial charge < -0.3 is 20.3 Å². The Morgan fingerprint density at radius 3 is 2.55 bits per heavy atom. The van der Waals surface area contributed by atoms with Crippen LogP contribution in [0.15, 0.2) is 24.3 Å². The van der Waals surface area contributed by atoms with Gasteiger partial charge in [0.1, 0.15) is 0 Å². The number of nitrogens with zero attached hydrogens (tertiary/aromatic N) is 1. The van der Waals surface area contributed by atoms with Gasteiger partial charge in [-0.15, -0.1) is 0 Å². The fourth-order valence-electron chi connectivity index (χ4n) is 1.87. The van der Waals surface area contributed by atoms with Gasteiger partial charge in [-0.1, -0.05) is 12.1 Å². The number of likely N-dealkylation sites (N-methyl/N-ethyl adjacent to an activating group) is 2. The quantitative estimate of drug-likeness (QED) is 0.662. The number of carbonyl (C=O) groups is 1. The molecule has 2 N–H and O–H groups in total. The Kier molecular flexibility index (Phi) is 7.69. The van der Waals surface area contributed by atoms with Gasteiger partial charge in [0.15, 0.2) is 0 Å². The molecule has 0 heterocycles. The topological polar surface area (TPSA) is 53.6 Å². The molecule has 1 aromatic rings. The summed E-state index contributed by atoms with van der Waals surface area (Å²) in [5.41, 5.74) is 2.29. The van der Waals surface area contributed by atoms with Gasteiger partial charge >= 0.3 is 0 Å². The Morgan fingerprint density at radius 2 is 2.00 bits per heavy atom. The van der Waals surface area contributed by atoms with Crippen LogP contribution >= 0.6 is 0 Å². The van der Waals surface area contributed by atoms with Crippen molar-refractivity contribution in [1.29, 1.82) is 0 Å². The fourth-order valence-corrected chi connectivity index (χ4v) is 1.87. The second-order valence-corrected chi connectivity index (χ2v) is 4.52. The molecule has 0 bridgehead atoms. The molecule has 0 fully saturated rings. The highest BCUT2D eigenvalue weighted by Crippen LogP contribution is 2.14. The van der Waals surface area contributed by atoms with Gasteiger partial charge in [0.25, 0.3) is 0 Å². The first-order valence-corrected chi connectivity index (χ1v) is 6.95. The van der Waals surface area contributed by atoms with Crippen LogP contribution in [0.25, 0.3) is 0 Å². The van der Waals surface area contributed by atoms with Gasteiger partial charge in [0.05, 0.1) is 13.2 Å². The lowest BCUT2D eigenvalue weighted by Gasteiger charge is -2.22. The normalized spacial score (nSPS) is 10.3. The first kappa shape index (κ1) is 16.5. The van der Waals surface area contributed by atoms with E-state index < -0.39 is 0 Å². The molecule has 0 saturated carbocycles. The van der Waals surface area contributed by atoms with E-state index in [4.69, 9.17) is 4.74 Å². The van der Waals surface area contributed by atoms with E-state index in [-0.39, 0.29) is 5.91 Å². The fraction of sp³-hybridized carbons (Fsp3) is 0.533. The molecule has 20 heavy (non-hydrogen) atoms. The summed E-state index contributed by atoms with van der Waals surface area (Å²) < 4.78 is 4.99. The maximum atomic E-state index is 11.4. The van der Waals surface area contributed by atoms with Crippen LogP contribution in [0.4, 0.5) is 5.69 Å². The van der Waals surface area contributed by atoms with Gasteiger partial charge in [-0.2, -0.15) is 0 Å². The third kappa shape index (κ3) is 5.59. The molecule has 0 aliphatic heterocycles. The zero-order chi connectivity index (χ0) is 14.8. The number of anilines is 1. The van der Waals surface area contributed by atoms with E-state index in [1.165, 1.54) is 5.56 Å². The SMILES string of the molecule is CCN(CC(=O)NC)c1ccc(CNCCOC)cc1. The Hall–Kier alpha value is -1.59. The van der Waals surface area contributed by atoms with Crippen molar-refractivity contribution in [2.45, 2.75) is 13.5 Å². The minimum atomic E-state index is 0.0251. The molecule has 112 valence electrons. The van der Waals surface area contributed by atoms with Crippen LogP contribution in [0.3, 0.4) is 0 Å². The van der Waals surface area contributed by atoms with Crippen molar-refractivity contribution in [1.82, 2.24) is 10.6 Å². The molecular formula is C15H25N3O2. The van der Waals surface area contributed by atoms with Gasteiger partial charge in [0.2, 0.25) is 5.91 Å². The Bertz CT molecular complexity index is 393. The smallest absolute Gasteiger partial charge is 0.239 e. The van der Waals surface area contributed by atoms with Gasteiger partial charge in [-0.3, -0.25) is 4.79 Å². The highest BCUT2D eigenvalue weighted by Gasteiger charge is 2.08. The number of ether oxygens (including phenoxy) is 1. The van der Waals surface area contributed by atoms with Crippen LogP contribution < -0.4 is 15.5 Å². The second kappa shape index (κ2) is 9.34. The number of hydrogen-bond acceptors (Lipinski definition) is 4. The molecule has 1 rings (SSSR count). The number of carbonyl (C=O) groups excluding carboxylic acids is 1. The minimum Gasteiger partial charge on any atom is -0.383 e. The van der Waals surface area contributed by atoms with Crippen molar-refractivity contribution < 1.29 is 9.53 Å². The highest BCUT2D eigenvalue weighted by atomic mass is 16.5. The van der Waals surface area contributed by atoms with Gasteiger partial charge in [0, 0.05) is 39.5 Å². The monoisotopic (exact) mass is 279 g/mol. The molecule has 0 saturated heterocycles. The van der Waals surface area contributed by atoms with E-state index in [2.05, 4.69) is 34.9 Å². The number of benzene rings is 1. The standard InChI is InChI=1S/C15H25N3O2/c1-4-18(12-15(19)16-2)14-7-5-13(6-8-14)11-17-9-10-20-3/h5-8,17H,4,9-12H2,1-3H3,(H,16,19). The second-order valence-electron chi connectivity index (χ2n) is 4.52. The number of amides is 1. The van der Waals surface area contributed by atoms with Gasteiger partial charge in [-0.25, -0.2) is 0 Å². The molecule has 0 radical (unpaired) electrons. The molecular weight excluding hydrogens is 254 g/mol. The van der Waals surface area contributed by atoms with E-state index in [0.29, 0.717) is 13.2 Å². The average Bonchev–Trinajstić information content (AvgIpc) is 2.49. The molecule has 0 aromatic heterocycles. The molecule has 0 aliphatic rings. The van der Waals surface area contributed by atoms with Crippen LogP contribution in [0.1, 0.15) is 12.5 Å². The summed E-state index contributed by atoms with van der Waals surface area (Å²) in [4.78, 5) is 13.5. The highest BCUT2D eigenvalue weighted by molar-refractivity contribution is 5.81. The van der Waals surface area contributed by atoms with Crippen LogP contribution in [-0.4, -0.2) is 46.3 Å². The first-order chi connectivity index (χ1) is 9.71. The van der Waals surface area contributed by atoms with E-state index in [1.54, 1.807) is 14.2 Å². The van der Waals surface area contributed by atoms with Crippen LogP contribution in [0.2, 0.25) is 0 Å². The summed E-state index contributed by atoms with van der Waals surface area (Å²) in [6.07, 6.45) is 0. The summed E-state index contributed by atoms with van der Waals surface area (Å²) in [7, 11) is 3.35. The number of methoxy groups -OCH3 is 1. The van der Waals surface area contributed by atoms with E-state index in [1.807, 2.05) is 11.8 Å². The third-order valence-electron chi connectivity index (χ3n) is 3.11. The lowest BCUT2D eigenvalue weighted by atomic mass is 10.2. The summed E-state index contributed by atoms with van der Waals surface area (Å²) in [6.45, 7) is 5.62. The largest absolute Gasteiger partial charge is 0.383 e. The van der Waals surface area contributed by atoms with Crippen LogP contribution in [0, 0.1) is 0 Å². The molecule has 0 aliphatic carbocycles. The number of hydrogen-bond donors (Lipinski definition) is 2. The minimum absolute atomic E-state index is 0.0251. The number of nitrogens with one attached hydrogen (secondary N) is 2. The summed E-state index contributed by atoms with van der Waals surface area (Å²) >= 11 is 0. The zero-order valence-electron chi connectivity index (χ0n) is 12.6. The van der Waals surface area contributed by atoms with Crippen LogP contribution in [0.5, 0.6) is 0 Å². The predicted molar refractivity (Wildman–Crippen MR) is 82.0 cm³/mol. The van der Waals surface area contributed by atoms with E-state index in [9.17, 15) is 4.79 Å². The third-order valence-corrected chi connectivity index (χ3v) is 3.11. The Balaban J connectivity index is 2.53. The van der Waals surface area contributed by atoms with Crippen molar-refractivity contribution in [3.63, 3.8) is 0 Å². The lowest BCUT2D eigenvalue weighted by molar-refractivity contribution is -0.119. The summed E-state index contributed by atoms with van der Waals surface area (Å²) in [6, 6.07) is 8.28. The van der Waals surface area contributed by atoms with Crippen molar-refractivity contribution in [3.8, 4) is 0 Å². The van der Waals surface area contributed by atoms with Gasteiger partial charge in [-0.05, 0) is 24.6 Å². The van der Waals surface area contributed by atoms with E-state index >= 15 is 0 Å². The number of rotatable bonds is 9. The predicted octanol–water partition coefficient (Wildman–Crippen LogP) is 0.995. The lowest BCUT2D eigenvalue weighted by Crippen LogP contribution is -2.35. The first-order valence-electron chi connectivity index (χ1n) is 6.95. The molecule has 1 amide bonds. The van der Waals surface area contributed by atoms with Crippen molar-refractivity contribution >= 4 is 11.6 Å². The van der Waals surface area contributed by atoms with E-state index in [0.717, 1.165) is 25.3 Å². The summed E-state index contributed by atoms with van der Waals surface area (Å²) in [5, 5.41) is 5.95. The van der Waals surface area contributed by atoms with Crippen molar-refractivity contribution in [2.75, 3.05) is 45.3 Å². The molecule has 5 heteroatoms. The maximum Gasteiger partial charge on any atom is 0.239 e. The summed E-state index contributed by atoms with van der Waals surface area (Å²) in [5.74, 6) is 0.0251. The van der Waals surface area contributed by atoms with Crippen molar-refractivity contribution in [3.05, 3.63) is 29.8 Å². The molecule has 0 spiro atoms. The Labute approximate surface area is 121 Å². The molecule has 5 nitrogen and oxygen atoms in total.